The summed E-state index contributed by atoms with van der Waals surface area (Å²) in [5, 5.41) is 3.16. The third-order valence-corrected chi connectivity index (χ3v) is 1.87. The topological polar surface area (TPSA) is 73.1 Å². The third kappa shape index (κ3) is 4.93. The molecule has 0 aliphatic heterocycles. The van der Waals surface area contributed by atoms with Gasteiger partial charge in [0.2, 0.25) is 5.88 Å². The Morgan fingerprint density at radius 3 is 2.75 bits per heavy atom. The van der Waals surface area contributed by atoms with Crippen molar-refractivity contribution >= 4 is 5.82 Å². The van der Waals surface area contributed by atoms with Crippen molar-refractivity contribution in [2.24, 2.45) is 5.73 Å². The van der Waals surface area contributed by atoms with Crippen molar-refractivity contribution in [2.75, 3.05) is 11.9 Å². The number of rotatable bonds is 6. The molecule has 0 aliphatic rings. The summed E-state index contributed by atoms with van der Waals surface area (Å²) in [6.07, 6.45) is 4.29. The Morgan fingerprint density at radius 1 is 1.38 bits per heavy atom. The first kappa shape index (κ1) is 12.7. The number of nitrogens with two attached hydrogens (primary N) is 1. The quantitative estimate of drug-likeness (QED) is 0.764. The summed E-state index contributed by atoms with van der Waals surface area (Å²) in [6, 6.07) is 0.190. The van der Waals surface area contributed by atoms with Crippen LogP contribution < -0.4 is 15.8 Å². The molecule has 5 heteroatoms. The summed E-state index contributed by atoms with van der Waals surface area (Å²) >= 11 is 0. The Bertz CT molecular complexity index is 315. The van der Waals surface area contributed by atoms with Gasteiger partial charge in [-0.15, -0.1) is 0 Å². The predicted octanol–water partition coefficient (Wildman–Crippen LogP) is 1.41. The Labute approximate surface area is 96.4 Å². The van der Waals surface area contributed by atoms with Gasteiger partial charge in [-0.1, -0.05) is 0 Å². The lowest BCUT2D eigenvalue weighted by atomic mass is 10.2. The Morgan fingerprint density at radius 2 is 2.12 bits per heavy atom. The van der Waals surface area contributed by atoms with Crippen LogP contribution in [0.5, 0.6) is 5.88 Å². The van der Waals surface area contributed by atoms with Crippen LogP contribution in [0.25, 0.3) is 0 Å². The highest BCUT2D eigenvalue weighted by molar-refractivity contribution is 5.33. The van der Waals surface area contributed by atoms with Crippen LogP contribution >= 0.6 is 0 Å². The van der Waals surface area contributed by atoms with E-state index in [4.69, 9.17) is 10.5 Å². The van der Waals surface area contributed by atoms with Gasteiger partial charge in [0.1, 0.15) is 5.82 Å². The Kier molecular flexibility index (Phi) is 4.98. The molecule has 3 N–H and O–H groups in total. The van der Waals surface area contributed by atoms with E-state index in [2.05, 4.69) is 15.3 Å². The fraction of sp³-hybridized carbons (Fsp3) is 0.636. The van der Waals surface area contributed by atoms with Gasteiger partial charge in [-0.2, -0.15) is 4.98 Å². The van der Waals surface area contributed by atoms with Crippen LogP contribution in [0.2, 0.25) is 0 Å². The molecule has 16 heavy (non-hydrogen) atoms. The maximum atomic E-state index is 5.65. The summed E-state index contributed by atoms with van der Waals surface area (Å²) in [5.74, 6) is 1.26. The van der Waals surface area contributed by atoms with Crippen LogP contribution in [0.1, 0.15) is 27.2 Å². The second-order valence-electron chi connectivity index (χ2n) is 4.10. The minimum absolute atomic E-state index is 0.105. The lowest BCUT2D eigenvalue weighted by molar-refractivity contribution is 0.232. The molecule has 0 radical (unpaired) electrons. The summed E-state index contributed by atoms with van der Waals surface area (Å²) in [5.41, 5.74) is 5.65. The molecule has 1 aromatic rings. The van der Waals surface area contributed by atoms with Crippen molar-refractivity contribution in [1.82, 2.24) is 9.97 Å². The van der Waals surface area contributed by atoms with Crippen molar-refractivity contribution in [1.29, 1.82) is 0 Å². The SMILES string of the molecule is CC(N)CCNc1cncc(OC(C)C)n1. The second kappa shape index (κ2) is 6.27. The van der Waals surface area contributed by atoms with E-state index in [-0.39, 0.29) is 12.1 Å². The predicted molar refractivity (Wildman–Crippen MR) is 64.6 cm³/mol. The number of nitrogens with one attached hydrogen (secondary N) is 1. The first-order valence-electron chi connectivity index (χ1n) is 5.56. The minimum atomic E-state index is 0.105. The van der Waals surface area contributed by atoms with Crippen molar-refractivity contribution < 1.29 is 4.74 Å². The molecule has 1 aromatic heterocycles. The average Bonchev–Trinajstić information content (AvgIpc) is 2.16. The van der Waals surface area contributed by atoms with Crippen LogP contribution in [-0.4, -0.2) is 28.7 Å². The monoisotopic (exact) mass is 224 g/mol. The maximum absolute atomic E-state index is 5.65. The first-order chi connectivity index (χ1) is 7.58. The Balaban J connectivity index is 2.47. The molecule has 1 rings (SSSR count). The number of ether oxygens (including phenoxy) is 1. The summed E-state index contributed by atoms with van der Waals surface area (Å²) in [6.45, 7) is 6.68. The van der Waals surface area contributed by atoms with Crippen LogP contribution in [0, 0.1) is 0 Å². The zero-order valence-corrected chi connectivity index (χ0v) is 10.1. The lowest BCUT2D eigenvalue weighted by Gasteiger charge is -2.10. The minimum Gasteiger partial charge on any atom is -0.474 e. The molecule has 90 valence electrons. The van der Waals surface area contributed by atoms with Crippen molar-refractivity contribution in [3.63, 3.8) is 0 Å². The molecular weight excluding hydrogens is 204 g/mol. The van der Waals surface area contributed by atoms with Gasteiger partial charge in [-0.25, -0.2) is 0 Å². The van der Waals surface area contributed by atoms with Crippen LogP contribution in [0.4, 0.5) is 5.82 Å². The highest BCUT2D eigenvalue weighted by atomic mass is 16.5. The molecule has 0 spiro atoms. The lowest BCUT2D eigenvalue weighted by Crippen LogP contribution is -2.19. The largest absolute Gasteiger partial charge is 0.474 e. The molecule has 0 saturated heterocycles. The number of hydrogen-bond donors (Lipinski definition) is 2. The van der Waals surface area contributed by atoms with E-state index < -0.39 is 0 Å². The summed E-state index contributed by atoms with van der Waals surface area (Å²) in [4.78, 5) is 8.33. The molecule has 0 bridgehead atoms. The van der Waals surface area contributed by atoms with Crippen molar-refractivity contribution in [3.8, 4) is 5.88 Å². The van der Waals surface area contributed by atoms with Gasteiger partial charge in [-0.05, 0) is 27.2 Å². The maximum Gasteiger partial charge on any atom is 0.234 e. The van der Waals surface area contributed by atoms with Gasteiger partial charge in [0, 0.05) is 12.6 Å². The van der Waals surface area contributed by atoms with E-state index in [1.165, 1.54) is 0 Å². The summed E-state index contributed by atoms with van der Waals surface area (Å²) < 4.78 is 5.44. The second-order valence-corrected chi connectivity index (χ2v) is 4.10. The van der Waals surface area contributed by atoms with Crippen LogP contribution in [-0.2, 0) is 0 Å². The van der Waals surface area contributed by atoms with Gasteiger partial charge < -0.3 is 15.8 Å². The van der Waals surface area contributed by atoms with Gasteiger partial charge in [0.05, 0.1) is 18.5 Å². The molecule has 0 aromatic carbocycles. The fourth-order valence-electron chi connectivity index (χ4n) is 1.16. The van der Waals surface area contributed by atoms with E-state index in [9.17, 15) is 0 Å². The van der Waals surface area contributed by atoms with Crippen LogP contribution in [0.15, 0.2) is 12.4 Å². The molecule has 0 saturated carbocycles. The van der Waals surface area contributed by atoms with E-state index >= 15 is 0 Å². The van der Waals surface area contributed by atoms with Crippen molar-refractivity contribution in [2.45, 2.75) is 39.3 Å². The standard InChI is InChI=1S/C11H20N4O/c1-8(2)16-11-7-13-6-10(15-11)14-5-4-9(3)12/h6-9H,4-5,12H2,1-3H3,(H,14,15). The zero-order valence-electron chi connectivity index (χ0n) is 10.1. The zero-order chi connectivity index (χ0) is 12.0. The van der Waals surface area contributed by atoms with E-state index in [0.29, 0.717) is 5.88 Å². The van der Waals surface area contributed by atoms with Gasteiger partial charge in [-0.3, -0.25) is 4.98 Å². The highest BCUT2D eigenvalue weighted by Crippen LogP contribution is 2.10. The highest BCUT2D eigenvalue weighted by Gasteiger charge is 2.02. The molecule has 0 aliphatic carbocycles. The van der Waals surface area contributed by atoms with Gasteiger partial charge in [0.25, 0.3) is 0 Å². The molecular formula is C11H20N4O. The Hall–Kier alpha value is -1.36. The first-order valence-corrected chi connectivity index (χ1v) is 5.56. The number of anilines is 1. The number of nitrogens with zero attached hydrogens (tertiary/aromatic N) is 2. The van der Waals surface area contributed by atoms with Gasteiger partial charge in [0.15, 0.2) is 0 Å². The fourth-order valence-corrected chi connectivity index (χ4v) is 1.16. The normalized spacial score (nSPS) is 12.6. The van der Waals surface area contributed by atoms with Gasteiger partial charge >= 0.3 is 0 Å². The third-order valence-electron chi connectivity index (χ3n) is 1.87. The smallest absolute Gasteiger partial charge is 0.234 e. The van der Waals surface area contributed by atoms with Crippen LogP contribution in [0.3, 0.4) is 0 Å². The molecule has 0 fully saturated rings. The van der Waals surface area contributed by atoms with Crippen molar-refractivity contribution in [3.05, 3.63) is 12.4 Å². The number of aromatic nitrogens is 2. The molecule has 1 unspecified atom stereocenters. The average molecular weight is 224 g/mol. The molecule has 1 atom stereocenters. The molecule has 0 amide bonds. The van der Waals surface area contributed by atoms with E-state index in [1.807, 2.05) is 20.8 Å². The summed E-state index contributed by atoms with van der Waals surface area (Å²) in [7, 11) is 0. The number of hydrogen-bond acceptors (Lipinski definition) is 5. The van der Waals surface area contributed by atoms with E-state index in [1.54, 1.807) is 12.4 Å². The molecule has 5 nitrogen and oxygen atoms in total. The molecule has 1 heterocycles. The van der Waals surface area contributed by atoms with E-state index in [0.717, 1.165) is 18.8 Å².